The van der Waals surface area contributed by atoms with E-state index in [0.29, 0.717) is 17.3 Å². The van der Waals surface area contributed by atoms with E-state index in [1.807, 2.05) is 13.8 Å². The highest BCUT2D eigenvalue weighted by molar-refractivity contribution is 6.30. The Morgan fingerprint density at radius 1 is 1.43 bits per heavy atom. The minimum atomic E-state index is -0.617. The molecule has 0 fully saturated rings. The lowest BCUT2D eigenvalue weighted by Crippen LogP contribution is -2.44. The SMILES string of the molecule is CCC(CC)(CO)CNC(=O)C(C)Oc1cccc(Cl)c1. The molecule has 0 bridgehead atoms. The van der Waals surface area contributed by atoms with Gasteiger partial charge in [-0.1, -0.05) is 31.5 Å². The van der Waals surface area contributed by atoms with Gasteiger partial charge in [0.05, 0.1) is 6.61 Å². The summed E-state index contributed by atoms with van der Waals surface area (Å²) in [7, 11) is 0. The molecule has 0 aliphatic heterocycles. The number of hydrogen-bond donors (Lipinski definition) is 2. The Morgan fingerprint density at radius 2 is 2.10 bits per heavy atom. The van der Waals surface area contributed by atoms with E-state index in [1.165, 1.54) is 0 Å². The summed E-state index contributed by atoms with van der Waals surface area (Å²) in [4.78, 5) is 12.1. The van der Waals surface area contributed by atoms with Crippen molar-refractivity contribution in [3.05, 3.63) is 29.3 Å². The fraction of sp³-hybridized carbons (Fsp3) is 0.562. The Kier molecular flexibility index (Phi) is 6.99. The Morgan fingerprint density at radius 3 is 2.62 bits per heavy atom. The predicted octanol–water partition coefficient (Wildman–Crippen LogP) is 3.02. The van der Waals surface area contributed by atoms with Gasteiger partial charge in [0, 0.05) is 17.0 Å². The van der Waals surface area contributed by atoms with Gasteiger partial charge in [0.2, 0.25) is 0 Å². The van der Waals surface area contributed by atoms with Crippen LogP contribution in [0.2, 0.25) is 5.02 Å². The highest BCUT2D eigenvalue weighted by Gasteiger charge is 2.27. The fourth-order valence-electron chi connectivity index (χ4n) is 2.00. The maximum atomic E-state index is 12.1. The molecular weight excluding hydrogens is 290 g/mol. The van der Waals surface area contributed by atoms with Gasteiger partial charge in [-0.25, -0.2) is 0 Å². The van der Waals surface area contributed by atoms with Crippen molar-refractivity contribution >= 4 is 17.5 Å². The van der Waals surface area contributed by atoms with Gasteiger partial charge in [-0.2, -0.15) is 0 Å². The maximum absolute atomic E-state index is 12.1. The van der Waals surface area contributed by atoms with Gasteiger partial charge in [-0.3, -0.25) is 4.79 Å². The lowest BCUT2D eigenvalue weighted by Gasteiger charge is -2.30. The van der Waals surface area contributed by atoms with E-state index in [4.69, 9.17) is 16.3 Å². The highest BCUT2D eigenvalue weighted by atomic mass is 35.5. The first-order valence-corrected chi connectivity index (χ1v) is 7.65. The first-order valence-electron chi connectivity index (χ1n) is 7.27. The zero-order valence-corrected chi connectivity index (χ0v) is 13.6. The van der Waals surface area contributed by atoms with Crippen molar-refractivity contribution in [2.75, 3.05) is 13.2 Å². The first-order chi connectivity index (χ1) is 9.96. The summed E-state index contributed by atoms with van der Waals surface area (Å²) in [5.41, 5.74) is -0.258. The normalized spacial score (nSPS) is 12.8. The standard InChI is InChI=1S/C16H24ClNO3/c1-4-16(5-2,11-19)10-18-15(20)12(3)21-14-8-6-7-13(17)9-14/h6-9,12,19H,4-5,10-11H2,1-3H3,(H,18,20). The molecule has 5 heteroatoms. The van der Waals surface area contributed by atoms with E-state index < -0.39 is 6.10 Å². The quantitative estimate of drug-likeness (QED) is 0.775. The Balaban J connectivity index is 2.55. The van der Waals surface area contributed by atoms with Crippen LogP contribution in [0, 0.1) is 5.41 Å². The van der Waals surface area contributed by atoms with Gasteiger partial charge in [0.1, 0.15) is 5.75 Å². The average molecular weight is 314 g/mol. The third-order valence-electron chi connectivity index (χ3n) is 3.95. The second-order valence-electron chi connectivity index (χ2n) is 5.30. The molecule has 2 N–H and O–H groups in total. The van der Waals surface area contributed by atoms with E-state index in [2.05, 4.69) is 5.32 Å². The number of aliphatic hydroxyl groups excluding tert-OH is 1. The van der Waals surface area contributed by atoms with Crippen molar-refractivity contribution in [2.24, 2.45) is 5.41 Å². The number of hydrogen-bond acceptors (Lipinski definition) is 3. The molecule has 0 heterocycles. The summed E-state index contributed by atoms with van der Waals surface area (Å²) in [6.07, 6.45) is 1.00. The molecule has 0 spiro atoms. The molecule has 0 aliphatic rings. The molecule has 1 aromatic rings. The molecule has 118 valence electrons. The second kappa shape index (κ2) is 8.25. The van der Waals surface area contributed by atoms with Crippen LogP contribution in [0.15, 0.2) is 24.3 Å². The lowest BCUT2D eigenvalue weighted by molar-refractivity contribution is -0.128. The molecule has 1 aromatic carbocycles. The number of carbonyl (C=O) groups excluding carboxylic acids is 1. The van der Waals surface area contributed by atoms with Gasteiger partial charge in [-0.05, 0) is 38.0 Å². The topological polar surface area (TPSA) is 58.6 Å². The number of rotatable bonds is 8. The molecule has 1 amide bonds. The van der Waals surface area contributed by atoms with E-state index >= 15 is 0 Å². The van der Waals surface area contributed by atoms with Crippen LogP contribution in [-0.4, -0.2) is 30.3 Å². The third kappa shape index (κ3) is 5.21. The van der Waals surface area contributed by atoms with Crippen LogP contribution < -0.4 is 10.1 Å². The van der Waals surface area contributed by atoms with E-state index in [0.717, 1.165) is 12.8 Å². The van der Waals surface area contributed by atoms with Crippen LogP contribution in [0.25, 0.3) is 0 Å². The number of amides is 1. The Bertz CT molecular complexity index is 452. The van der Waals surface area contributed by atoms with Crippen molar-refractivity contribution in [1.29, 1.82) is 0 Å². The molecule has 1 rings (SSSR count). The van der Waals surface area contributed by atoms with Crippen molar-refractivity contribution in [3.63, 3.8) is 0 Å². The monoisotopic (exact) mass is 313 g/mol. The van der Waals surface area contributed by atoms with Crippen molar-refractivity contribution in [3.8, 4) is 5.75 Å². The molecule has 4 nitrogen and oxygen atoms in total. The molecule has 1 unspecified atom stereocenters. The van der Waals surface area contributed by atoms with Crippen LogP contribution in [0.4, 0.5) is 0 Å². The molecular formula is C16H24ClNO3. The Hall–Kier alpha value is -1.26. The third-order valence-corrected chi connectivity index (χ3v) is 4.19. The van der Waals surface area contributed by atoms with E-state index in [1.54, 1.807) is 31.2 Å². The molecule has 0 aliphatic carbocycles. The largest absolute Gasteiger partial charge is 0.481 e. The van der Waals surface area contributed by atoms with Crippen molar-refractivity contribution in [2.45, 2.75) is 39.7 Å². The zero-order chi connectivity index (χ0) is 15.9. The van der Waals surface area contributed by atoms with Gasteiger partial charge < -0.3 is 15.2 Å². The molecule has 1 atom stereocenters. The van der Waals surface area contributed by atoms with E-state index in [9.17, 15) is 9.90 Å². The highest BCUT2D eigenvalue weighted by Crippen LogP contribution is 2.24. The van der Waals surface area contributed by atoms with Crippen LogP contribution in [0.5, 0.6) is 5.75 Å². The maximum Gasteiger partial charge on any atom is 0.260 e. The van der Waals surface area contributed by atoms with Crippen molar-refractivity contribution in [1.82, 2.24) is 5.32 Å². The number of carbonyl (C=O) groups is 1. The number of aliphatic hydroxyl groups is 1. The van der Waals surface area contributed by atoms with E-state index in [-0.39, 0.29) is 17.9 Å². The zero-order valence-electron chi connectivity index (χ0n) is 12.9. The van der Waals surface area contributed by atoms with Crippen LogP contribution in [0.1, 0.15) is 33.6 Å². The molecule has 0 aromatic heterocycles. The van der Waals surface area contributed by atoms with Gasteiger partial charge in [0.15, 0.2) is 6.10 Å². The van der Waals surface area contributed by atoms with Crippen LogP contribution >= 0.6 is 11.6 Å². The van der Waals surface area contributed by atoms with Gasteiger partial charge in [0.25, 0.3) is 5.91 Å². The molecule has 0 saturated carbocycles. The Labute approximate surface area is 131 Å². The number of nitrogens with one attached hydrogen (secondary N) is 1. The van der Waals surface area contributed by atoms with Crippen LogP contribution in [0.3, 0.4) is 0 Å². The average Bonchev–Trinajstić information content (AvgIpc) is 2.49. The minimum Gasteiger partial charge on any atom is -0.481 e. The second-order valence-corrected chi connectivity index (χ2v) is 5.74. The molecule has 21 heavy (non-hydrogen) atoms. The molecule has 0 radical (unpaired) electrons. The minimum absolute atomic E-state index is 0.0593. The number of ether oxygens (including phenoxy) is 1. The summed E-state index contributed by atoms with van der Waals surface area (Å²) in [5, 5.41) is 12.9. The summed E-state index contributed by atoms with van der Waals surface area (Å²) in [6, 6.07) is 6.94. The summed E-state index contributed by atoms with van der Waals surface area (Å²) in [5.74, 6) is 0.360. The smallest absolute Gasteiger partial charge is 0.260 e. The first kappa shape index (κ1) is 17.8. The fourth-order valence-corrected chi connectivity index (χ4v) is 2.18. The summed E-state index contributed by atoms with van der Waals surface area (Å²) in [6.45, 7) is 6.21. The molecule has 0 saturated heterocycles. The summed E-state index contributed by atoms with van der Waals surface area (Å²) >= 11 is 5.88. The van der Waals surface area contributed by atoms with Crippen molar-refractivity contribution < 1.29 is 14.6 Å². The van der Waals surface area contributed by atoms with Crippen LogP contribution in [-0.2, 0) is 4.79 Å². The number of benzene rings is 1. The number of halogens is 1. The van der Waals surface area contributed by atoms with Gasteiger partial charge in [-0.15, -0.1) is 0 Å². The summed E-state index contributed by atoms with van der Waals surface area (Å²) < 4.78 is 5.56. The lowest BCUT2D eigenvalue weighted by atomic mass is 9.83. The van der Waals surface area contributed by atoms with Gasteiger partial charge >= 0.3 is 0 Å². The predicted molar refractivity (Wildman–Crippen MR) is 84.7 cm³/mol.